The van der Waals surface area contributed by atoms with Gasteiger partial charge >= 0.3 is 0 Å². The molecule has 0 spiro atoms. The highest BCUT2D eigenvalue weighted by Crippen LogP contribution is 2.15. The van der Waals surface area contributed by atoms with Gasteiger partial charge in [0.05, 0.1) is 0 Å². The minimum absolute atomic E-state index is 0.0953. The van der Waals surface area contributed by atoms with Gasteiger partial charge in [-0.15, -0.1) is 0 Å². The molecule has 0 unspecified atom stereocenters. The highest BCUT2D eigenvalue weighted by atomic mass is 16.5. The van der Waals surface area contributed by atoms with Gasteiger partial charge in [0.1, 0.15) is 18.4 Å². The number of nitrogens with one attached hydrogen (secondary N) is 2. The predicted octanol–water partition coefficient (Wildman–Crippen LogP) is 2.61. The number of rotatable bonds is 11. The molecule has 8 heteroatoms. The number of benzene rings is 1. The van der Waals surface area contributed by atoms with Crippen LogP contribution in [0.3, 0.4) is 0 Å². The van der Waals surface area contributed by atoms with Crippen LogP contribution in [-0.4, -0.2) is 52.6 Å². The van der Waals surface area contributed by atoms with E-state index in [0.29, 0.717) is 31.0 Å². The highest BCUT2D eigenvalue weighted by Gasteiger charge is 2.25. The van der Waals surface area contributed by atoms with E-state index in [4.69, 9.17) is 9.94 Å². The highest BCUT2D eigenvalue weighted by molar-refractivity contribution is 5.94. The molecular formula is C23H32N4O4. The van der Waals surface area contributed by atoms with Crippen molar-refractivity contribution in [3.8, 4) is 5.75 Å². The lowest BCUT2D eigenvalue weighted by molar-refractivity contribution is -0.134. The van der Waals surface area contributed by atoms with Crippen LogP contribution in [0.15, 0.2) is 36.4 Å². The summed E-state index contributed by atoms with van der Waals surface area (Å²) < 4.78 is 5.81. The summed E-state index contributed by atoms with van der Waals surface area (Å²) in [6.45, 7) is 9.66. The molecule has 168 valence electrons. The molecule has 2 rings (SSSR count). The molecule has 1 atom stereocenters. The number of ether oxygens (including phenoxy) is 1. The molecule has 0 saturated carbocycles. The summed E-state index contributed by atoms with van der Waals surface area (Å²) in [6.07, 6.45) is 0.858. The normalized spacial score (nSPS) is 11.8. The number of carbonyl (C=O) groups excluding carboxylic acids is 2. The first-order valence-electron chi connectivity index (χ1n) is 10.5. The largest absolute Gasteiger partial charge is 0.489 e. The summed E-state index contributed by atoms with van der Waals surface area (Å²) in [4.78, 5) is 30.8. The van der Waals surface area contributed by atoms with Crippen molar-refractivity contribution in [3.63, 3.8) is 0 Å². The Morgan fingerprint density at radius 1 is 1.13 bits per heavy atom. The second-order valence-corrected chi connectivity index (χ2v) is 7.40. The lowest BCUT2D eigenvalue weighted by Crippen LogP contribution is -2.52. The number of carbonyl (C=O) groups is 2. The molecule has 31 heavy (non-hydrogen) atoms. The number of hydroxylamine groups is 1. The molecule has 8 nitrogen and oxygen atoms in total. The van der Waals surface area contributed by atoms with Gasteiger partial charge in [-0.2, -0.15) is 0 Å². The molecule has 0 aliphatic rings. The summed E-state index contributed by atoms with van der Waals surface area (Å²) in [5, 5.41) is 11.8. The van der Waals surface area contributed by atoms with Crippen molar-refractivity contribution >= 4 is 11.8 Å². The molecule has 2 amide bonds. The third-order valence-corrected chi connectivity index (χ3v) is 4.89. The molecule has 3 N–H and O–H groups in total. The van der Waals surface area contributed by atoms with Gasteiger partial charge in [-0.3, -0.25) is 24.7 Å². The van der Waals surface area contributed by atoms with Gasteiger partial charge in [0.2, 0.25) is 0 Å². The van der Waals surface area contributed by atoms with Crippen molar-refractivity contribution in [2.75, 3.05) is 19.6 Å². The molecule has 0 fully saturated rings. The van der Waals surface area contributed by atoms with Gasteiger partial charge in [0, 0.05) is 23.5 Å². The molecule has 0 aliphatic heterocycles. The van der Waals surface area contributed by atoms with Crippen LogP contribution in [0.25, 0.3) is 0 Å². The Labute approximate surface area is 183 Å². The summed E-state index contributed by atoms with van der Waals surface area (Å²) >= 11 is 0. The third kappa shape index (κ3) is 7.34. The first-order valence-corrected chi connectivity index (χ1v) is 10.5. The van der Waals surface area contributed by atoms with E-state index < -0.39 is 11.9 Å². The van der Waals surface area contributed by atoms with Crippen molar-refractivity contribution < 1.29 is 19.5 Å². The average molecular weight is 429 g/mol. The minimum atomic E-state index is -0.645. The van der Waals surface area contributed by atoms with E-state index in [1.807, 2.05) is 44.7 Å². The Kier molecular flexibility index (Phi) is 9.42. The third-order valence-electron chi connectivity index (χ3n) is 4.89. The minimum Gasteiger partial charge on any atom is -0.489 e. The molecule has 1 aromatic carbocycles. The standard InChI is InChI=1S/C23H32N4O4/c1-5-11-27(6-2)21(23(29)26-30)14-24-22(28)19-7-9-20(10-8-19)31-15-18-12-16(3)25-17(4)13-18/h7-10,12-13,21,30H,5-6,11,14-15H2,1-4H3,(H,24,28)(H,26,29)/t21-/m0/s1. The number of hydrogen-bond acceptors (Lipinski definition) is 6. The van der Waals surface area contributed by atoms with Crippen molar-refractivity contribution in [2.24, 2.45) is 0 Å². The van der Waals surface area contributed by atoms with Gasteiger partial charge in [0.25, 0.3) is 11.8 Å². The fourth-order valence-corrected chi connectivity index (χ4v) is 3.45. The van der Waals surface area contributed by atoms with E-state index in [2.05, 4.69) is 10.3 Å². The van der Waals surface area contributed by atoms with Crippen molar-refractivity contribution in [1.29, 1.82) is 0 Å². The van der Waals surface area contributed by atoms with E-state index in [0.717, 1.165) is 23.4 Å². The number of aromatic nitrogens is 1. The molecule has 1 heterocycles. The molecule has 0 radical (unpaired) electrons. The summed E-state index contributed by atoms with van der Waals surface area (Å²) in [6, 6.07) is 10.1. The van der Waals surface area contributed by atoms with Crippen LogP contribution in [0.2, 0.25) is 0 Å². The summed E-state index contributed by atoms with van der Waals surface area (Å²) in [7, 11) is 0. The summed E-state index contributed by atoms with van der Waals surface area (Å²) in [5.74, 6) is -0.183. The number of pyridine rings is 1. The molecule has 2 aromatic rings. The van der Waals surface area contributed by atoms with Crippen LogP contribution >= 0.6 is 0 Å². The zero-order chi connectivity index (χ0) is 22.8. The lowest BCUT2D eigenvalue weighted by atomic mass is 10.1. The molecule has 0 saturated heterocycles. The van der Waals surface area contributed by atoms with E-state index in [9.17, 15) is 9.59 Å². The first-order chi connectivity index (χ1) is 14.9. The molecule has 0 bridgehead atoms. The second-order valence-electron chi connectivity index (χ2n) is 7.40. The quantitative estimate of drug-likeness (QED) is 0.375. The SMILES string of the molecule is CCCN(CC)[C@@H](CNC(=O)c1ccc(OCc2cc(C)nc(C)c2)cc1)C(=O)NO. The van der Waals surface area contributed by atoms with Gasteiger partial charge in [-0.05, 0) is 75.3 Å². The second kappa shape index (κ2) is 12.0. The van der Waals surface area contributed by atoms with E-state index in [1.54, 1.807) is 29.7 Å². The van der Waals surface area contributed by atoms with Crippen LogP contribution < -0.4 is 15.5 Å². The summed E-state index contributed by atoms with van der Waals surface area (Å²) in [5.41, 5.74) is 5.08. The fourth-order valence-electron chi connectivity index (χ4n) is 3.45. The van der Waals surface area contributed by atoms with Crippen LogP contribution in [0.1, 0.15) is 47.6 Å². The predicted molar refractivity (Wildman–Crippen MR) is 118 cm³/mol. The first kappa shape index (κ1) is 24.3. The van der Waals surface area contributed by atoms with Gasteiger partial charge in [-0.25, -0.2) is 5.48 Å². The van der Waals surface area contributed by atoms with E-state index in [1.165, 1.54) is 0 Å². The van der Waals surface area contributed by atoms with Crippen LogP contribution in [0.5, 0.6) is 5.75 Å². The van der Waals surface area contributed by atoms with E-state index in [-0.39, 0.29) is 12.5 Å². The van der Waals surface area contributed by atoms with Gasteiger partial charge in [-0.1, -0.05) is 13.8 Å². The Balaban J connectivity index is 1.95. The molecular weight excluding hydrogens is 396 g/mol. The fraction of sp³-hybridized carbons (Fsp3) is 0.435. The monoisotopic (exact) mass is 428 g/mol. The smallest absolute Gasteiger partial charge is 0.262 e. The lowest BCUT2D eigenvalue weighted by Gasteiger charge is -2.28. The maximum atomic E-state index is 12.5. The Hall–Kier alpha value is -2.97. The van der Waals surface area contributed by atoms with Crippen molar-refractivity contribution in [3.05, 3.63) is 58.9 Å². The van der Waals surface area contributed by atoms with Gasteiger partial charge in [0.15, 0.2) is 0 Å². The van der Waals surface area contributed by atoms with Crippen molar-refractivity contribution in [2.45, 2.75) is 46.8 Å². The zero-order valence-corrected chi connectivity index (χ0v) is 18.6. The number of amides is 2. The van der Waals surface area contributed by atoms with Crippen molar-refractivity contribution in [1.82, 2.24) is 20.7 Å². The number of hydrogen-bond donors (Lipinski definition) is 3. The number of nitrogens with zero attached hydrogens (tertiary/aromatic N) is 2. The van der Waals surface area contributed by atoms with Crippen LogP contribution in [0, 0.1) is 13.8 Å². The molecule has 0 aliphatic carbocycles. The maximum Gasteiger partial charge on any atom is 0.262 e. The maximum absolute atomic E-state index is 12.5. The number of aryl methyl sites for hydroxylation is 2. The number of likely N-dealkylation sites (N-methyl/N-ethyl adjacent to an activating group) is 1. The van der Waals surface area contributed by atoms with Crippen LogP contribution in [-0.2, 0) is 11.4 Å². The molecule has 1 aromatic heterocycles. The van der Waals surface area contributed by atoms with E-state index >= 15 is 0 Å². The topological polar surface area (TPSA) is 104 Å². The Morgan fingerprint density at radius 3 is 2.32 bits per heavy atom. The van der Waals surface area contributed by atoms with Gasteiger partial charge < -0.3 is 10.1 Å². The Morgan fingerprint density at radius 2 is 1.77 bits per heavy atom. The van der Waals surface area contributed by atoms with Crippen LogP contribution in [0.4, 0.5) is 0 Å². The Bertz CT molecular complexity index is 850. The average Bonchev–Trinajstić information content (AvgIpc) is 2.76. The zero-order valence-electron chi connectivity index (χ0n) is 18.6.